The number of allylic oxidation sites excluding steroid dienone is 6. The predicted molar refractivity (Wildman–Crippen MR) is 132 cm³/mol. The maximum Gasteiger partial charge on any atom is 0.336 e. The molecule has 0 radical (unpaired) electrons. The molecule has 194 valence electrons. The fourth-order valence-electron chi connectivity index (χ4n) is 4.49. The Morgan fingerprint density at radius 1 is 1.19 bits per heavy atom. The summed E-state index contributed by atoms with van der Waals surface area (Å²) in [5.41, 5.74) is 7.33. The number of carboxylic acid groups (broad SMARTS) is 1. The van der Waals surface area contributed by atoms with E-state index in [0.29, 0.717) is 28.2 Å². The quantitative estimate of drug-likeness (QED) is 0.277. The summed E-state index contributed by atoms with van der Waals surface area (Å²) in [4.78, 5) is 37.0. The number of ether oxygens (including phenoxy) is 1. The van der Waals surface area contributed by atoms with Gasteiger partial charge in [0.2, 0.25) is 0 Å². The van der Waals surface area contributed by atoms with Crippen LogP contribution in [0.2, 0.25) is 0 Å². The standard InChI is InChI=1S/C27H28N2O8/c28-21(13-30)22(33)2-1-9-29-26(34)14-3-6-17(20(10-14)27(35)36)25-18-7-4-15(31)11-23(18)37-24-12-16(32)5-8-19(24)25/h1-8,10,15,21-22,25,30-31,33H,9,11-13,28H2,(H,29,34)(H,35,36)/b2-1+/t15?,21-,22+,25?/m0/s1. The van der Waals surface area contributed by atoms with Crippen molar-refractivity contribution in [2.24, 2.45) is 5.73 Å². The van der Waals surface area contributed by atoms with Crippen molar-refractivity contribution in [2.45, 2.75) is 37.0 Å². The summed E-state index contributed by atoms with van der Waals surface area (Å²) in [6.07, 6.45) is 7.62. The van der Waals surface area contributed by atoms with Crippen molar-refractivity contribution in [3.05, 3.63) is 94.0 Å². The van der Waals surface area contributed by atoms with Gasteiger partial charge in [-0.2, -0.15) is 0 Å². The Labute approximate surface area is 212 Å². The molecule has 0 bridgehead atoms. The van der Waals surface area contributed by atoms with Gasteiger partial charge >= 0.3 is 5.97 Å². The molecule has 0 aromatic heterocycles. The van der Waals surface area contributed by atoms with Crippen molar-refractivity contribution in [1.82, 2.24) is 5.32 Å². The van der Waals surface area contributed by atoms with Gasteiger partial charge in [-0.05, 0) is 23.8 Å². The number of aliphatic hydroxyl groups excluding tert-OH is 3. The maximum atomic E-state index is 12.7. The van der Waals surface area contributed by atoms with Gasteiger partial charge in [-0.25, -0.2) is 4.79 Å². The maximum absolute atomic E-state index is 12.7. The van der Waals surface area contributed by atoms with Crippen LogP contribution in [-0.4, -0.2) is 69.5 Å². The number of ketones is 1. The Bertz CT molecular complexity index is 1270. The van der Waals surface area contributed by atoms with Crippen LogP contribution >= 0.6 is 0 Å². The highest BCUT2D eigenvalue weighted by Gasteiger charge is 2.36. The number of hydrogen-bond acceptors (Lipinski definition) is 8. The fraction of sp³-hybridized carbons (Fsp3) is 0.296. The molecule has 1 amide bonds. The molecule has 3 aliphatic rings. The lowest BCUT2D eigenvalue weighted by Gasteiger charge is -2.35. The van der Waals surface area contributed by atoms with Crippen LogP contribution in [0.3, 0.4) is 0 Å². The molecule has 2 unspecified atom stereocenters. The molecule has 1 aromatic carbocycles. The largest absolute Gasteiger partial charge is 0.478 e. The van der Waals surface area contributed by atoms with Crippen molar-refractivity contribution in [1.29, 1.82) is 0 Å². The molecular weight excluding hydrogens is 480 g/mol. The van der Waals surface area contributed by atoms with E-state index in [1.165, 1.54) is 30.4 Å². The van der Waals surface area contributed by atoms with Crippen LogP contribution in [0.4, 0.5) is 0 Å². The average molecular weight is 509 g/mol. The predicted octanol–water partition coefficient (Wildman–Crippen LogP) is 0.823. The van der Waals surface area contributed by atoms with Gasteiger partial charge in [0.05, 0.1) is 36.8 Å². The van der Waals surface area contributed by atoms with Gasteiger partial charge in [0.1, 0.15) is 11.5 Å². The minimum Gasteiger partial charge on any atom is -0.478 e. The number of aliphatic hydroxyl groups is 3. The van der Waals surface area contributed by atoms with Crippen LogP contribution in [0.15, 0.2) is 77.3 Å². The van der Waals surface area contributed by atoms with E-state index in [4.69, 9.17) is 15.6 Å². The van der Waals surface area contributed by atoms with Gasteiger partial charge in [-0.3, -0.25) is 9.59 Å². The zero-order valence-corrected chi connectivity index (χ0v) is 19.8. The molecule has 0 saturated carbocycles. The molecule has 0 fully saturated rings. The van der Waals surface area contributed by atoms with E-state index in [2.05, 4.69) is 5.32 Å². The van der Waals surface area contributed by atoms with Crippen LogP contribution in [0.25, 0.3) is 0 Å². The van der Waals surface area contributed by atoms with Gasteiger partial charge in [-0.1, -0.05) is 36.4 Å². The van der Waals surface area contributed by atoms with Gasteiger partial charge in [0.15, 0.2) is 5.78 Å². The molecule has 7 N–H and O–H groups in total. The first kappa shape index (κ1) is 26.2. The Kier molecular flexibility index (Phi) is 7.84. The highest BCUT2D eigenvalue weighted by molar-refractivity contribution is 5.99. The van der Waals surface area contributed by atoms with E-state index < -0.39 is 42.7 Å². The van der Waals surface area contributed by atoms with Crippen molar-refractivity contribution >= 4 is 17.7 Å². The van der Waals surface area contributed by atoms with Crippen molar-refractivity contribution in [3.63, 3.8) is 0 Å². The van der Waals surface area contributed by atoms with Crippen LogP contribution in [0.5, 0.6) is 0 Å². The summed E-state index contributed by atoms with van der Waals surface area (Å²) < 4.78 is 5.96. The lowest BCUT2D eigenvalue weighted by molar-refractivity contribution is -0.114. The first-order valence-electron chi connectivity index (χ1n) is 11.8. The third kappa shape index (κ3) is 5.62. The van der Waals surface area contributed by atoms with Crippen molar-refractivity contribution < 1.29 is 39.5 Å². The Morgan fingerprint density at radius 2 is 1.95 bits per heavy atom. The zero-order valence-electron chi connectivity index (χ0n) is 19.8. The second-order valence-corrected chi connectivity index (χ2v) is 8.98. The second kappa shape index (κ2) is 11.1. The average Bonchev–Trinajstić information content (AvgIpc) is 2.88. The molecular formula is C27H28N2O8. The first-order chi connectivity index (χ1) is 17.7. The highest BCUT2D eigenvalue weighted by atomic mass is 16.5. The van der Waals surface area contributed by atoms with Crippen LogP contribution < -0.4 is 11.1 Å². The lowest BCUT2D eigenvalue weighted by Crippen LogP contribution is -2.36. The third-order valence-electron chi connectivity index (χ3n) is 6.41. The normalized spacial score (nSPS) is 22.4. The monoisotopic (exact) mass is 508 g/mol. The molecule has 4 rings (SSSR count). The number of nitrogens with one attached hydrogen (secondary N) is 1. The molecule has 1 aliphatic heterocycles. The minimum absolute atomic E-state index is 0.0350. The Morgan fingerprint density at radius 3 is 2.68 bits per heavy atom. The molecule has 10 nitrogen and oxygen atoms in total. The van der Waals surface area contributed by atoms with Crippen molar-refractivity contribution in [2.75, 3.05) is 13.2 Å². The molecule has 2 aliphatic carbocycles. The van der Waals surface area contributed by atoms with E-state index in [-0.39, 0.29) is 36.3 Å². The molecule has 0 spiro atoms. The Hall–Kier alpha value is -3.83. The smallest absolute Gasteiger partial charge is 0.336 e. The number of hydrogen-bond donors (Lipinski definition) is 6. The van der Waals surface area contributed by atoms with E-state index >= 15 is 0 Å². The van der Waals surface area contributed by atoms with E-state index in [9.17, 15) is 29.7 Å². The number of nitrogens with two attached hydrogens (primary N) is 1. The van der Waals surface area contributed by atoms with Crippen molar-refractivity contribution in [3.8, 4) is 0 Å². The summed E-state index contributed by atoms with van der Waals surface area (Å²) in [5, 5.41) is 41.4. The molecule has 37 heavy (non-hydrogen) atoms. The number of aromatic carboxylic acids is 1. The molecule has 0 saturated heterocycles. The summed E-state index contributed by atoms with van der Waals surface area (Å²) in [6.45, 7) is -0.342. The summed E-state index contributed by atoms with van der Waals surface area (Å²) in [6, 6.07) is 3.55. The van der Waals surface area contributed by atoms with Gasteiger partial charge in [-0.15, -0.1) is 0 Å². The summed E-state index contributed by atoms with van der Waals surface area (Å²) in [7, 11) is 0. The molecule has 4 atom stereocenters. The zero-order chi connectivity index (χ0) is 26.7. The topological polar surface area (TPSA) is 179 Å². The van der Waals surface area contributed by atoms with E-state index in [1.807, 2.05) is 0 Å². The summed E-state index contributed by atoms with van der Waals surface area (Å²) in [5.74, 6) is -1.54. The summed E-state index contributed by atoms with van der Waals surface area (Å²) >= 11 is 0. The minimum atomic E-state index is -1.22. The Balaban J connectivity index is 1.63. The van der Waals surface area contributed by atoms with Crippen LogP contribution in [-0.2, 0) is 9.53 Å². The van der Waals surface area contributed by atoms with E-state index in [1.54, 1.807) is 24.3 Å². The second-order valence-electron chi connectivity index (χ2n) is 8.98. The molecule has 1 aromatic rings. The number of carbonyl (C=O) groups excluding carboxylic acids is 2. The first-order valence-corrected chi connectivity index (χ1v) is 11.8. The number of benzene rings is 1. The highest BCUT2D eigenvalue weighted by Crippen LogP contribution is 2.47. The van der Waals surface area contributed by atoms with Gasteiger partial charge < -0.3 is 36.2 Å². The third-order valence-corrected chi connectivity index (χ3v) is 6.41. The SMILES string of the molecule is N[C@@H](CO)[C@H](O)/C=C/CNC(=O)c1ccc(C2C3=C(CC(=O)C=C3)OC3=C2C=CC(O)C3)c(C(=O)O)c1. The molecule has 10 heteroatoms. The number of amides is 1. The fourth-order valence-corrected chi connectivity index (χ4v) is 4.49. The van der Waals surface area contributed by atoms with Gasteiger partial charge in [0.25, 0.3) is 5.91 Å². The lowest BCUT2D eigenvalue weighted by atomic mass is 9.76. The van der Waals surface area contributed by atoms with E-state index in [0.717, 1.165) is 0 Å². The van der Waals surface area contributed by atoms with Crippen LogP contribution in [0.1, 0.15) is 45.0 Å². The molecule has 1 heterocycles. The number of carbonyl (C=O) groups is 3. The van der Waals surface area contributed by atoms with Crippen LogP contribution in [0, 0.1) is 0 Å². The number of rotatable bonds is 8. The number of carboxylic acids is 1. The van der Waals surface area contributed by atoms with Gasteiger partial charge in [0, 0.05) is 35.6 Å².